The summed E-state index contributed by atoms with van der Waals surface area (Å²) in [6, 6.07) is 26.0. The van der Waals surface area contributed by atoms with E-state index in [0.717, 1.165) is 35.9 Å². The second-order valence-electron chi connectivity index (χ2n) is 6.09. The molecule has 0 unspecified atom stereocenters. The second-order valence-corrected chi connectivity index (χ2v) is 6.09. The lowest BCUT2D eigenvalue weighted by molar-refractivity contribution is -0.159. The maximum Gasteiger partial charge on any atom is 0.414 e. The molecule has 3 N–H and O–H groups in total. The Morgan fingerprint density at radius 1 is 0.800 bits per heavy atom. The van der Waals surface area contributed by atoms with Gasteiger partial charge in [0.1, 0.15) is 17.2 Å². The average Bonchev–Trinajstić information content (AvgIpc) is 2.75. The molecule has 0 fully saturated rings. The van der Waals surface area contributed by atoms with Crippen LogP contribution in [0.5, 0.6) is 17.2 Å². The first-order valence-electron chi connectivity index (χ1n) is 9.10. The van der Waals surface area contributed by atoms with Gasteiger partial charge in [-0.05, 0) is 35.9 Å². The summed E-state index contributed by atoms with van der Waals surface area (Å²) >= 11 is 0. The molecule has 7 heteroatoms. The van der Waals surface area contributed by atoms with Gasteiger partial charge in [-0.3, -0.25) is 0 Å². The molecule has 0 saturated heterocycles. The third kappa shape index (κ3) is 7.65. The molecule has 3 aromatic carbocycles. The molecule has 7 nitrogen and oxygen atoms in total. The summed E-state index contributed by atoms with van der Waals surface area (Å²) in [6.45, 7) is 1.53. The van der Waals surface area contributed by atoms with Gasteiger partial charge in [-0.25, -0.2) is 9.59 Å². The summed E-state index contributed by atoms with van der Waals surface area (Å²) in [5, 5.41) is 18.2. The second kappa shape index (κ2) is 11.9. The van der Waals surface area contributed by atoms with Crippen molar-refractivity contribution in [2.45, 2.75) is 13.1 Å². The van der Waals surface area contributed by atoms with Crippen molar-refractivity contribution in [1.29, 1.82) is 0 Å². The summed E-state index contributed by atoms with van der Waals surface area (Å²) < 4.78 is 11.2. The summed E-state index contributed by atoms with van der Waals surface area (Å²) in [4.78, 5) is 18.2. The molecule has 0 aliphatic heterocycles. The van der Waals surface area contributed by atoms with Crippen molar-refractivity contribution in [1.82, 2.24) is 5.32 Å². The molecule has 0 spiro atoms. The molecular weight excluding hydrogens is 386 g/mol. The average molecular weight is 409 g/mol. The van der Waals surface area contributed by atoms with Crippen LogP contribution >= 0.6 is 0 Å². The van der Waals surface area contributed by atoms with Crippen molar-refractivity contribution in [3.05, 3.63) is 90.0 Å². The summed E-state index contributed by atoms with van der Waals surface area (Å²) in [5.74, 6) is -1.05. The summed E-state index contributed by atoms with van der Waals surface area (Å²) in [6.07, 6.45) is 0. The number of carboxylic acids is 2. The molecule has 0 radical (unpaired) electrons. The van der Waals surface area contributed by atoms with Gasteiger partial charge in [-0.1, -0.05) is 48.5 Å². The van der Waals surface area contributed by atoms with E-state index in [1.807, 2.05) is 60.7 Å². The molecule has 0 atom stereocenters. The molecule has 0 bridgehead atoms. The first-order valence-corrected chi connectivity index (χ1v) is 9.10. The van der Waals surface area contributed by atoms with Crippen LogP contribution in [0.1, 0.15) is 11.1 Å². The predicted molar refractivity (Wildman–Crippen MR) is 112 cm³/mol. The van der Waals surface area contributed by atoms with E-state index in [-0.39, 0.29) is 0 Å². The number of ether oxygens (including phenoxy) is 2. The highest BCUT2D eigenvalue weighted by Crippen LogP contribution is 2.22. The van der Waals surface area contributed by atoms with Crippen molar-refractivity contribution < 1.29 is 29.3 Å². The molecule has 156 valence electrons. The van der Waals surface area contributed by atoms with Gasteiger partial charge >= 0.3 is 11.9 Å². The number of aliphatic carboxylic acids is 2. The smallest absolute Gasteiger partial charge is 0.414 e. The molecule has 3 aromatic rings. The normalized spacial score (nSPS) is 9.77. The van der Waals surface area contributed by atoms with Crippen LogP contribution in [0.4, 0.5) is 0 Å². The molecule has 0 saturated carbocycles. The third-order valence-corrected chi connectivity index (χ3v) is 3.90. The number of benzene rings is 3. The van der Waals surface area contributed by atoms with Crippen LogP contribution in [0.2, 0.25) is 0 Å². The number of methoxy groups -OCH3 is 1. The first-order chi connectivity index (χ1) is 14.5. The van der Waals surface area contributed by atoms with Gasteiger partial charge in [0.15, 0.2) is 0 Å². The van der Waals surface area contributed by atoms with Gasteiger partial charge in [0, 0.05) is 18.7 Å². The Morgan fingerprint density at radius 2 is 1.43 bits per heavy atom. The number of carbonyl (C=O) groups is 2. The van der Waals surface area contributed by atoms with Gasteiger partial charge in [0.2, 0.25) is 0 Å². The number of hydrogen-bond acceptors (Lipinski definition) is 5. The zero-order valence-electron chi connectivity index (χ0n) is 16.4. The lowest BCUT2D eigenvalue weighted by Gasteiger charge is -2.10. The van der Waals surface area contributed by atoms with Crippen molar-refractivity contribution in [2.75, 3.05) is 7.11 Å². The number of carboxylic acid groups (broad SMARTS) is 2. The zero-order valence-corrected chi connectivity index (χ0v) is 16.4. The van der Waals surface area contributed by atoms with Gasteiger partial charge in [0.25, 0.3) is 0 Å². The molecular formula is C23H23NO6. The van der Waals surface area contributed by atoms with E-state index >= 15 is 0 Å². The monoisotopic (exact) mass is 409 g/mol. The fourth-order valence-electron chi connectivity index (χ4n) is 2.53. The van der Waals surface area contributed by atoms with Gasteiger partial charge in [-0.2, -0.15) is 0 Å². The van der Waals surface area contributed by atoms with Gasteiger partial charge < -0.3 is 25.0 Å². The largest absolute Gasteiger partial charge is 0.496 e. The van der Waals surface area contributed by atoms with E-state index in [0.29, 0.717) is 0 Å². The van der Waals surface area contributed by atoms with E-state index in [4.69, 9.17) is 29.3 Å². The Balaban J connectivity index is 0.000000469. The maximum atomic E-state index is 9.10. The van der Waals surface area contributed by atoms with Crippen LogP contribution in [0.25, 0.3) is 0 Å². The van der Waals surface area contributed by atoms with E-state index in [2.05, 4.69) is 23.5 Å². The van der Waals surface area contributed by atoms with Crippen molar-refractivity contribution in [3.63, 3.8) is 0 Å². The Kier molecular flexibility index (Phi) is 8.89. The van der Waals surface area contributed by atoms with E-state index in [9.17, 15) is 0 Å². The molecule has 0 aromatic heterocycles. The molecule has 3 rings (SSSR count). The minimum atomic E-state index is -1.82. The highest BCUT2D eigenvalue weighted by Gasteiger charge is 2.04. The number of hydrogen-bond donors (Lipinski definition) is 3. The Bertz CT molecular complexity index is 947. The number of rotatable bonds is 7. The number of nitrogens with one attached hydrogen (secondary N) is 1. The first kappa shape index (κ1) is 22.4. The molecule has 0 aliphatic carbocycles. The van der Waals surface area contributed by atoms with Crippen LogP contribution in [-0.4, -0.2) is 29.3 Å². The molecule has 30 heavy (non-hydrogen) atoms. The maximum absolute atomic E-state index is 9.10. The summed E-state index contributed by atoms with van der Waals surface area (Å²) in [7, 11) is 1.70. The van der Waals surface area contributed by atoms with Crippen LogP contribution in [0, 0.1) is 0 Å². The minimum Gasteiger partial charge on any atom is -0.496 e. The van der Waals surface area contributed by atoms with Crippen molar-refractivity contribution >= 4 is 11.9 Å². The van der Waals surface area contributed by atoms with Gasteiger partial charge in [-0.15, -0.1) is 0 Å². The van der Waals surface area contributed by atoms with Gasteiger partial charge in [0.05, 0.1) is 7.11 Å². The van der Waals surface area contributed by atoms with E-state index < -0.39 is 11.9 Å². The van der Waals surface area contributed by atoms with Crippen LogP contribution < -0.4 is 14.8 Å². The Morgan fingerprint density at radius 3 is 2.10 bits per heavy atom. The highest BCUT2D eigenvalue weighted by atomic mass is 16.5. The minimum absolute atomic E-state index is 0.758. The number of para-hydroxylation sites is 2. The quantitative estimate of drug-likeness (QED) is 0.508. The molecule has 0 aliphatic rings. The molecule has 0 amide bonds. The van der Waals surface area contributed by atoms with E-state index in [1.165, 1.54) is 5.56 Å². The molecule has 0 heterocycles. The van der Waals surface area contributed by atoms with Crippen molar-refractivity contribution in [2.24, 2.45) is 0 Å². The topological polar surface area (TPSA) is 105 Å². The fraction of sp³-hybridized carbons (Fsp3) is 0.130. The zero-order chi connectivity index (χ0) is 21.8. The Hall–Kier alpha value is -3.84. The highest BCUT2D eigenvalue weighted by molar-refractivity contribution is 6.27. The lowest BCUT2D eigenvalue weighted by Crippen LogP contribution is -2.13. The SMILES string of the molecule is COc1ccccc1CNCc1cccc(Oc2ccccc2)c1.O=C(O)C(=O)O. The van der Waals surface area contributed by atoms with Crippen LogP contribution in [0.15, 0.2) is 78.9 Å². The lowest BCUT2D eigenvalue weighted by atomic mass is 10.2. The standard InChI is InChI=1S/C21H21NO2.C2H2O4/c1-23-21-13-6-5-9-18(21)16-22-15-17-8-7-12-20(14-17)24-19-10-3-2-4-11-19;3-1(4)2(5)6/h2-14,22H,15-16H2,1H3;(H,3,4)(H,5,6). The van der Waals surface area contributed by atoms with E-state index in [1.54, 1.807) is 7.11 Å². The van der Waals surface area contributed by atoms with Crippen LogP contribution in [0.3, 0.4) is 0 Å². The van der Waals surface area contributed by atoms with Crippen molar-refractivity contribution in [3.8, 4) is 17.2 Å². The third-order valence-electron chi connectivity index (χ3n) is 3.90. The predicted octanol–water partition coefficient (Wildman–Crippen LogP) is 3.93. The van der Waals surface area contributed by atoms with Crippen LogP contribution in [-0.2, 0) is 22.7 Å². The summed E-state index contributed by atoms with van der Waals surface area (Å²) in [5.41, 5.74) is 2.33. The fourth-order valence-corrected chi connectivity index (χ4v) is 2.53. The Labute approximate surface area is 174 Å².